The zero-order valence-electron chi connectivity index (χ0n) is 9.00. The van der Waals surface area contributed by atoms with E-state index in [-0.39, 0.29) is 19.8 Å². The molecule has 2 atom stereocenters. The second-order valence-corrected chi connectivity index (χ2v) is 3.47. The van der Waals surface area contributed by atoms with Crippen LogP contribution in [0.1, 0.15) is 6.92 Å². The molecule has 16 heavy (non-hydrogen) atoms. The number of hydrogen-bond acceptors (Lipinski definition) is 6. The van der Waals surface area contributed by atoms with E-state index in [1.165, 1.54) is 0 Å². The zero-order valence-corrected chi connectivity index (χ0v) is 9.76. The van der Waals surface area contributed by atoms with Gasteiger partial charge in [0, 0.05) is 0 Å². The normalized spacial score (nSPS) is 14.3. The average molecular weight is 257 g/mol. The van der Waals surface area contributed by atoms with Gasteiger partial charge in [-0.3, -0.25) is 4.84 Å². The Hall–Kier alpha value is -0.600. The molecule has 0 spiro atoms. The van der Waals surface area contributed by atoms with Gasteiger partial charge in [0.1, 0.15) is 18.2 Å². The highest BCUT2D eigenvalue weighted by Crippen LogP contribution is 2.01. The number of hydroxylamine groups is 2. The number of rotatable bonds is 7. The van der Waals surface area contributed by atoms with Crippen molar-refractivity contribution in [3.8, 4) is 0 Å². The first kappa shape index (κ1) is 15.4. The summed E-state index contributed by atoms with van der Waals surface area (Å²) in [5.74, 6) is 0. The Morgan fingerprint density at radius 3 is 2.69 bits per heavy atom. The van der Waals surface area contributed by atoms with Gasteiger partial charge in [-0.05, 0) is 6.92 Å². The second-order valence-electron chi connectivity index (χ2n) is 2.91. The van der Waals surface area contributed by atoms with E-state index in [0.29, 0.717) is 0 Å². The Balaban J connectivity index is 4.14. The summed E-state index contributed by atoms with van der Waals surface area (Å²) in [7, 11) is 0. The van der Waals surface area contributed by atoms with Crippen LogP contribution in [0, 0.1) is 0 Å². The fraction of sp³-hybridized carbons (Fsp3) is 0.875. The molecule has 7 nitrogen and oxygen atoms in total. The maximum absolute atomic E-state index is 11.3. The lowest BCUT2D eigenvalue weighted by molar-refractivity contribution is -0.160. The molecule has 0 heterocycles. The van der Waals surface area contributed by atoms with Crippen molar-refractivity contribution in [3.63, 3.8) is 0 Å². The van der Waals surface area contributed by atoms with Crippen LogP contribution in [0.25, 0.3) is 0 Å². The van der Waals surface area contributed by atoms with E-state index in [2.05, 4.69) is 4.74 Å². The standard InChI is InChI=1S/C8H17ClN2O5/c1-2-15-8(14)11(3-7(9)10)16-5-6(13)4-12/h6-7,12-13H,2-5,10H2,1H3. The lowest BCUT2D eigenvalue weighted by Gasteiger charge is -2.22. The van der Waals surface area contributed by atoms with Crippen LogP contribution < -0.4 is 5.73 Å². The minimum atomic E-state index is -1.08. The van der Waals surface area contributed by atoms with Crippen molar-refractivity contribution in [2.24, 2.45) is 5.73 Å². The molecule has 0 aliphatic carbocycles. The molecular formula is C8H17ClN2O5. The number of aliphatic hydroxyl groups is 2. The molecule has 0 saturated carbocycles. The molecule has 4 N–H and O–H groups in total. The molecule has 1 amide bonds. The third-order valence-corrected chi connectivity index (χ3v) is 1.58. The van der Waals surface area contributed by atoms with Crippen LogP contribution in [0.4, 0.5) is 4.79 Å². The summed E-state index contributed by atoms with van der Waals surface area (Å²) < 4.78 is 4.67. The Morgan fingerprint density at radius 2 is 2.25 bits per heavy atom. The number of ether oxygens (including phenoxy) is 1. The summed E-state index contributed by atoms with van der Waals surface area (Å²) in [6, 6.07) is 0. The van der Waals surface area contributed by atoms with Crippen molar-refractivity contribution >= 4 is 17.7 Å². The van der Waals surface area contributed by atoms with Crippen molar-refractivity contribution in [2.75, 3.05) is 26.4 Å². The van der Waals surface area contributed by atoms with Crippen molar-refractivity contribution in [1.82, 2.24) is 5.06 Å². The highest BCUT2D eigenvalue weighted by atomic mass is 35.5. The fourth-order valence-electron chi connectivity index (χ4n) is 0.763. The van der Waals surface area contributed by atoms with Crippen LogP contribution >= 0.6 is 11.6 Å². The molecule has 0 aliphatic rings. The van der Waals surface area contributed by atoms with Crippen LogP contribution in [0.2, 0.25) is 0 Å². The first-order valence-electron chi connectivity index (χ1n) is 4.77. The van der Waals surface area contributed by atoms with E-state index < -0.39 is 24.3 Å². The van der Waals surface area contributed by atoms with Gasteiger partial charge in [-0.15, -0.1) is 11.6 Å². The van der Waals surface area contributed by atoms with Gasteiger partial charge < -0.3 is 20.7 Å². The minimum absolute atomic E-state index is 0.0848. The van der Waals surface area contributed by atoms with Gasteiger partial charge >= 0.3 is 6.09 Å². The predicted octanol–water partition coefficient (Wildman–Crippen LogP) is -0.747. The SMILES string of the molecule is CCOC(=O)N(CC(N)Cl)OCC(O)CO. The molecule has 0 radical (unpaired) electrons. The molecule has 0 fully saturated rings. The van der Waals surface area contributed by atoms with Gasteiger partial charge in [0.2, 0.25) is 0 Å². The fourth-order valence-corrected chi connectivity index (χ4v) is 0.888. The van der Waals surface area contributed by atoms with Gasteiger partial charge in [-0.25, -0.2) is 4.79 Å². The Bertz CT molecular complexity index is 205. The van der Waals surface area contributed by atoms with E-state index in [1.54, 1.807) is 6.92 Å². The lowest BCUT2D eigenvalue weighted by atomic mass is 10.4. The zero-order chi connectivity index (χ0) is 12.6. The minimum Gasteiger partial charge on any atom is -0.448 e. The van der Waals surface area contributed by atoms with Crippen molar-refractivity contribution in [2.45, 2.75) is 18.5 Å². The van der Waals surface area contributed by atoms with Gasteiger partial charge in [-0.2, -0.15) is 5.06 Å². The van der Waals surface area contributed by atoms with Crippen molar-refractivity contribution < 1.29 is 24.6 Å². The molecule has 0 rings (SSSR count). The Kier molecular flexibility index (Phi) is 8.22. The summed E-state index contributed by atoms with van der Waals surface area (Å²) >= 11 is 5.50. The molecule has 0 bridgehead atoms. The number of aliphatic hydroxyl groups excluding tert-OH is 2. The highest BCUT2D eigenvalue weighted by molar-refractivity contribution is 6.20. The molecule has 2 unspecified atom stereocenters. The van der Waals surface area contributed by atoms with Gasteiger partial charge in [-0.1, -0.05) is 0 Å². The first-order chi connectivity index (χ1) is 7.51. The van der Waals surface area contributed by atoms with Gasteiger partial charge in [0.25, 0.3) is 0 Å². The number of carbonyl (C=O) groups excluding carboxylic acids is 1. The number of nitrogens with zero attached hydrogens (tertiary/aromatic N) is 1. The van der Waals surface area contributed by atoms with Crippen molar-refractivity contribution in [3.05, 3.63) is 0 Å². The lowest BCUT2D eigenvalue weighted by Crippen LogP contribution is -2.41. The number of alkyl halides is 1. The van der Waals surface area contributed by atoms with E-state index >= 15 is 0 Å². The first-order valence-corrected chi connectivity index (χ1v) is 5.20. The molecule has 0 aliphatic heterocycles. The molecule has 96 valence electrons. The van der Waals surface area contributed by atoms with Crippen LogP contribution in [0.15, 0.2) is 0 Å². The Labute approximate surface area is 98.6 Å². The second kappa shape index (κ2) is 8.54. The van der Waals surface area contributed by atoms with Crippen molar-refractivity contribution in [1.29, 1.82) is 0 Å². The summed E-state index contributed by atoms with van der Waals surface area (Å²) in [5.41, 5.74) is 4.48. The average Bonchev–Trinajstić information content (AvgIpc) is 2.23. The maximum Gasteiger partial charge on any atom is 0.434 e. The summed E-state index contributed by atoms with van der Waals surface area (Å²) in [5, 5.41) is 18.4. The largest absolute Gasteiger partial charge is 0.448 e. The molecular weight excluding hydrogens is 240 g/mol. The topological polar surface area (TPSA) is 105 Å². The molecule has 0 aromatic heterocycles. The van der Waals surface area contributed by atoms with Crippen LogP contribution in [0.5, 0.6) is 0 Å². The van der Waals surface area contributed by atoms with E-state index in [1.807, 2.05) is 0 Å². The number of halogens is 1. The monoisotopic (exact) mass is 256 g/mol. The van der Waals surface area contributed by atoms with Crippen LogP contribution in [0.3, 0.4) is 0 Å². The van der Waals surface area contributed by atoms with E-state index in [0.717, 1.165) is 5.06 Å². The molecule has 0 aromatic rings. The summed E-state index contributed by atoms with van der Waals surface area (Å²) in [4.78, 5) is 16.2. The third-order valence-electron chi connectivity index (χ3n) is 1.45. The number of carbonyl (C=O) groups is 1. The number of amides is 1. The van der Waals surface area contributed by atoms with Crippen LogP contribution in [-0.2, 0) is 9.57 Å². The Morgan fingerprint density at radius 1 is 1.62 bits per heavy atom. The number of hydrogen-bond donors (Lipinski definition) is 3. The maximum atomic E-state index is 11.3. The van der Waals surface area contributed by atoms with E-state index in [4.69, 9.17) is 32.4 Å². The smallest absolute Gasteiger partial charge is 0.434 e. The number of nitrogens with two attached hydrogens (primary N) is 1. The van der Waals surface area contributed by atoms with Gasteiger partial charge in [0.05, 0.1) is 19.8 Å². The molecule has 8 heteroatoms. The predicted molar refractivity (Wildman–Crippen MR) is 56.6 cm³/mol. The van der Waals surface area contributed by atoms with E-state index in [9.17, 15) is 4.79 Å². The third kappa shape index (κ3) is 6.81. The van der Waals surface area contributed by atoms with Gasteiger partial charge in [0.15, 0.2) is 0 Å². The summed E-state index contributed by atoms with van der Waals surface area (Å²) in [6.45, 7) is 1.01. The summed E-state index contributed by atoms with van der Waals surface area (Å²) in [6.07, 6.45) is -1.83. The quantitative estimate of drug-likeness (QED) is 0.315. The molecule has 0 saturated heterocycles. The highest BCUT2D eigenvalue weighted by Gasteiger charge is 2.19. The van der Waals surface area contributed by atoms with Crippen LogP contribution in [-0.4, -0.2) is 59.3 Å². The molecule has 0 aromatic carbocycles.